The average Bonchev–Trinajstić information content (AvgIpc) is 3.21. The highest BCUT2D eigenvalue weighted by atomic mass is 32.1. The van der Waals surface area contributed by atoms with Crippen molar-refractivity contribution in [1.82, 2.24) is 4.98 Å². The summed E-state index contributed by atoms with van der Waals surface area (Å²) in [4.78, 5) is 17.2. The fourth-order valence-electron chi connectivity index (χ4n) is 2.86. The summed E-state index contributed by atoms with van der Waals surface area (Å²) in [6.45, 7) is 1.94. The summed E-state index contributed by atoms with van der Waals surface area (Å²) in [5.41, 5.74) is 6.76. The monoisotopic (exact) mass is 402 g/mol. The van der Waals surface area contributed by atoms with Gasteiger partial charge in [-0.1, -0.05) is 29.5 Å². The van der Waals surface area contributed by atoms with Gasteiger partial charge >= 0.3 is 6.18 Å². The number of anilines is 1. The van der Waals surface area contributed by atoms with Crippen molar-refractivity contribution in [3.05, 3.63) is 70.9 Å². The van der Waals surface area contributed by atoms with Gasteiger partial charge in [-0.2, -0.15) is 23.3 Å². The van der Waals surface area contributed by atoms with Crippen molar-refractivity contribution in [3.8, 4) is 0 Å². The zero-order valence-electron chi connectivity index (χ0n) is 14.5. The first-order valence-electron chi connectivity index (χ1n) is 8.18. The molecule has 2 aromatic carbocycles. The van der Waals surface area contributed by atoms with Crippen molar-refractivity contribution < 1.29 is 18.0 Å². The summed E-state index contributed by atoms with van der Waals surface area (Å²) in [5.74, 6) is -0.536. The fourth-order valence-corrected chi connectivity index (χ4v) is 3.87. The molecule has 142 valence electrons. The van der Waals surface area contributed by atoms with Gasteiger partial charge < -0.3 is 5.73 Å². The summed E-state index contributed by atoms with van der Waals surface area (Å²) < 4.78 is 40.0. The Morgan fingerprint density at radius 3 is 2.68 bits per heavy atom. The molecule has 2 heterocycles. The highest BCUT2D eigenvalue weighted by Gasteiger charge is 2.35. The number of nitrogens with zero attached hydrogens (tertiary/aromatic N) is 3. The largest absolute Gasteiger partial charge is 0.416 e. The average molecular weight is 402 g/mol. The molecule has 9 heteroatoms. The summed E-state index contributed by atoms with van der Waals surface area (Å²) >= 11 is 1.27. The number of thiazole rings is 1. The van der Waals surface area contributed by atoms with Crippen molar-refractivity contribution in [2.45, 2.75) is 13.1 Å². The van der Waals surface area contributed by atoms with Crippen LogP contribution in [0.1, 0.15) is 16.7 Å². The lowest BCUT2D eigenvalue weighted by Crippen LogP contribution is -2.21. The molecule has 1 aliphatic heterocycles. The number of carbonyl (C=O) groups excluding carboxylic acids is 1. The molecule has 0 unspecified atom stereocenters. The molecule has 0 bridgehead atoms. The Morgan fingerprint density at radius 2 is 1.96 bits per heavy atom. The molecular weight excluding hydrogens is 389 g/mol. The van der Waals surface area contributed by atoms with E-state index in [9.17, 15) is 18.0 Å². The van der Waals surface area contributed by atoms with E-state index in [-0.39, 0.29) is 16.8 Å². The normalized spacial score (nSPS) is 16.3. The molecule has 1 amide bonds. The van der Waals surface area contributed by atoms with E-state index in [1.54, 1.807) is 0 Å². The quantitative estimate of drug-likeness (QED) is 0.653. The maximum absolute atomic E-state index is 13.0. The molecule has 0 radical (unpaired) electrons. The first kappa shape index (κ1) is 18.2. The number of carbonyl (C=O) groups is 1. The van der Waals surface area contributed by atoms with Gasteiger partial charge in [0.1, 0.15) is 5.71 Å². The summed E-state index contributed by atoms with van der Waals surface area (Å²) in [6, 6.07) is 10.3. The van der Waals surface area contributed by atoms with Crippen LogP contribution >= 0.6 is 11.3 Å². The van der Waals surface area contributed by atoms with Crippen LogP contribution in [0, 0.1) is 6.92 Å². The minimum absolute atomic E-state index is 0.0229. The topological polar surface area (TPSA) is 71.6 Å². The minimum atomic E-state index is -4.50. The lowest BCUT2D eigenvalue weighted by molar-refractivity contribution is -0.137. The number of halogens is 3. The third kappa shape index (κ3) is 3.03. The van der Waals surface area contributed by atoms with E-state index in [0.717, 1.165) is 33.6 Å². The molecule has 0 aliphatic carbocycles. The molecule has 1 aliphatic rings. The molecule has 5 nitrogen and oxygen atoms in total. The van der Waals surface area contributed by atoms with E-state index in [1.807, 2.05) is 25.1 Å². The van der Waals surface area contributed by atoms with Crippen molar-refractivity contribution in [2.75, 3.05) is 5.01 Å². The number of fused-ring (bicyclic) bond motifs is 1. The van der Waals surface area contributed by atoms with Crippen LogP contribution in [0.3, 0.4) is 0 Å². The van der Waals surface area contributed by atoms with Gasteiger partial charge in [-0.15, -0.1) is 0 Å². The molecule has 0 atom stereocenters. The molecule has 0 fully saturated rings. The Bertz CT molecular complexity index is 1160. The predicted octanol–water partition coefficient (Wildman–Crippen LogP) is 4.22. The van der Waals surface area contributed by atoms with Crippen LogP contribution in [-0.4, -0.2) is 16.6 Å². The predicted molar refractivity (Wildman–Crippen MR) is 102 cm³/mol. The summed E-state index contributed by atoms with van der Waals surface area (Å²) in [7, 11) is 0. The molecular formula is C19H13F3N4OS. The molecule has 4 rings (SSSR count). The van der Waals surface area contributed by atoms with Crippen molar-refractivity contribution in [2.24, 2.45) is 10.8 Å². The third-order valence-corrected chi connectivity index (χ3v) is 5.22. The van der Waals surface area contributed by atoms with Crippen molar-refractivity contribution >= 4 is 38.3 Å². The summed E-state index contributed by atoms with van der Waals surface area (Å²) in [5, 5.41) is 5.64. The Hall–Kier alpha value is -3.20. The Morgan fingerprint density at radius 1 is 1.18 bits per heavy atom. The van der Waals surface area contributed by atoms with Crippen molar-refractivity contribution in [1.29, 1.82) is 0 Å². The number of rotatable bonds is 2. The van der Waals surface area contributed by atoms with Gasteiger partial charge in [0.15, 0.2) is 0 Å². The Balaban J connectivity index is 1.80. The summed E-state index contributed by atoms with van der Waals surface area (Å²) in [6.07, 6.45) is -3.45. The van der Waals surface area contributed by atoms with Crippen LogP contribution in [0.25, 0.3) is 10.2 Å². The number of nitrogens with two attached hydrogens (primary N) is 1. The number of benzene rings is 2. The third-order valence-electron chi connectivity index (χ3n) is 4.22. The molecule has 3 aromatic rings. The molecule has 1 aromatic heterocycles. The van der Waals surface area contributed by atoms with E-state index in [0.29, 0.717) is 10.6 Å². The Kier molecular flexibility index (Phi) is 4.19. The molecule has 0 spiro atoms. The number of amides is 1. The van der Waals surface area contributed by atoms with Crippen LogP contribution in [0.2, 0.25) is 0 Å². The maximum Gasteiger partial charge on any atom is 0.416 e. The van der Waals surface area contributed by atoms with Gasteiger partial charge in [-0.05, 0) is 36.8 Å². The van der Waals surface area contributed by atoms with Gasteiger partial charge in [0, 0.05) is 11.8 Å². The van der Waals surface area contributed by atoms with Crippen LogP contribution < -0.4 is 10.7 Å². The van der Waals surface area contributed by atoms with E-state index in [4.69, 9.17) is 5.73 Å². The SMILES string of the molecule is Cc1ccc2nc(N3N=C(c4cccc(C(F)(F)F)c4)/C(=C\N)C3=O)sc2c1. The zero-order valence-corrected chi connectivity index (χ0v) is 15.3. The highest BCUT2D eigenvalue weighted by molar-refractivity contribution is 7.22. The van der Waals surface area contributed by atoms with Gasteiger partial charge in [0.25, 0.3) is 5.91 Å². The smallest absolute Gasteiger partial charge is 0.404 e. The van der Waals surface area contributed by atoms with Crippen LogP contribution in [0.4, 0.5) is 18.3 Å². The molecule has 0 saturated carbocycles. The van der Waals surface area contributed by atoms with E-state index < -0.39 is 17.6 Å². The molecule has 0 saturated heterocycles. The van der Waals surface area contributed by atoms with Gasteiger partial charge in [0.2, 0.25) is 5.13 Å². The highest BCUT2D eigenvalue weighted by Crippen LogP contribution is 2.35. The number of aromatic nitrogens is 1. The number of alkyl halides is 3. The fraction of sp³-hybridized carbons (Fsp3) is 0.105. The van der Waals surface area contributed by atoms with Crippen molar-refractivity contribution in [3.63, 3.8) is 0 Å². The number of hydrogen-bond donors (Lipinski definition) is 1. The number of aryl methyl sites for hydroxylation is 1. The number of hydrazone groups is 1. The minimum Gasteiger partial charge on any atom is -0.404 e. The maximum atomic E-state index is 13.0. The lowest BCUT2D eigenvalue weighted by atomic mass is 10.0. The van der Waals surface area contributed by atoms with E-state index in [1.165, 1.54) is 23.5 Å². The first-order valence-corrected chi connectivity index (χ1v) is 9.00. The van der Waals surface area contributed by atoms with E-state index in [2.05, 4.69) is 10.1 Å². The van der Waals surface area contributed by atoms with E-state index >= 15 is 0 Å². The second-order valence-electron chi connectivity index (χ2n) is 6.19. The zero-order chi connectivity index (χ0) is 20.1. The Labute approximate surface area is 161 Å². The first-order chi connectivity index (χ1) is 13.3. The van der Waals surface area contributed by atoms with Gasteiger partial charge in [-0.25, -0.2) is 4.98 Å². The van der Waals surface area contributed by atoms with Crippen LogP contribution in [0.5, 0.6) is 0 Å². The standard InChI is InChI=1S/C19H13F3N4OS/c1-10-5-6-14-15(7-10)28-18(24-14)26-17(27)13(9-23)16(25-26)11-3-2-4-12(8-11)19(20,21)22/h2-9H,23H2,1H3/b13-9+. The second kappa shape index (κ2) is 6.45. The molecule has 28 heavy (non-hydrogen) atoms. The van der Waals surface area contributed by atoms with Crippen LogP contribution in [0.15, 0.2) is 59.3 Å². The lowest BCUT2D eigenvalue weighted by Gasteiger charge is -2.08. The van der Waals surface area contributed by atoms with Gasteiger partial charge in [-0.3, -0.25) is 4.79 Å². The second-order valence-corrected chi connectivity index (χ2v) is 7.20. The number of hydrogen-bond acceptors (Lipinski definition) is 5. The van der Waals surface area contributed by atoms with Gasteiger partial charge in [0.05, 0.1) is 21.4 Å². The van der Waals surface area contributed by atoms with Crippen LogP contribution in [-0.2, 0) is 11.0 Å². The molecule has 2 N–H and O–H groups in total.